The van der Waals surface area contributed by atoms with Gasteiger partial charge in [0.05, 0.1) is 12.7 Å². The predicted molar refractivity (Wildman–Crippen MR) is 39.5 cm³/mol. The Kier molecular flexibility index (Phi) is 2.46. The van der Waals surface area contributed by atoms with E-state index in [1.54, 1.807) is 0 Å². The second kappa shape index (κ2) is 3.17. The highest BCUT2D eigenvalue weighted by Gasteiger charge is 2.21. The predicted octanol–water partition coefficient (Wildman–Crippen LogP) is 0.552. The maximum Gasteiger partial charge on any atom is 0.0630 e. The van der Waals surface area contributed by atoms with Gasteiger partial charge in [-0.05, 0) is 12.3 Å². The Morgan fingerprint density at radius 2 is 2.20 bits per heavy atom. The van der Waals surface area contributed by atoms with Crippen LogP contribution in [0.5, 0.6) is 0 Å². The first-order valence-corrected chi connectivity index (χ1v) is 3.71. The first-order chi connectivity index (χ1) is 4.74. The topological polar surface area (TPSA) is 40.5 Å². The molecule has 1 aliphatic carbocycles. The summed E-state index contributed by atoms with van der Waals surface area (Å²) in [6.07, 6.45) is 4.39. The van der Waals surface area contributed by atoms with Crippen molar-refractivity contribution >= 4 is 0 Å². The summed E-state index contributed by atoms with van der Waals surface area (Å²) in [5.74, 6) is 0.425. The van der Waals surface area contributed by atoms with Gasteiger partial charge in [-0.25, -0.2) is 0 Å². The molecule has 0 aromatic heterocycles. The van der Waals surface area contributed by atoms with Gasteiger partial charge in [-0.3, -0.25) is 0 Å². The molecule has 0 aromatic carbocycles. The number of allylic oxidation sites excluding steroid dienone is 1. The lowest BCUT2D eigenvalue weighted by atomic mass is 9.87. The third-order valence-electron chi connectivity index (χ3n) is 2.01. The molecule has 3 atom stereocenters. The zero-order valence-electron chi connectivity index (χ0n) is 6.20. The van der Waals surface area contributed by atoms with Gasteiger partial charge < -0.3 is 10.2 Å². The van der Waals surface area contributed by atoms with E-state index < -0.39 is 0 Å². The van der Waals surface area contributed by atoms with Crippen LogP contribution in [0.15, 0.2) is 12.2 Å². The summed E-state index contributed by atoms with van der Waals surface area (Å²) in [7, 11) is 0. The number of hydrogen-bond donors (Lipinski definition) is 2. The van der Waals surface area contributed by atoms with E-state index in [0.29, 0.717) is 5.92 Å². The Labute approximate surface area is 61.2 Å². The van der Waals surface area contributed by atoms with Gasteiger partial charge in [-0.15, -0.1) is 0 Å². The number of aliphatic hydroxyl groups is 2. The molecule has 1 aliphatic rings. The van der Waals surface area contributed by atoms with Crippen LogP contribution in [-0.2, 0) is 0 Å². The van der Waals surface area contributed by atoms with Crippen LogP contribution in [0.25, 0.3) is 0 Å². The van der Waals surface area contributed by atoms with Gasteiger partial charge in [0.2, 0.25) is 0 Å². The molecule has 0 spiro atoms. The van der Waals surface area contributed by atoms with Crippen molar-refractivity contribution in [3.63, 3.8) is 0 Å². The molecule has 0 fully saturated rings. The zero-order valence-corrected chi connectivity index (χ0v) is 6.20. The van der Waals surface area contributed by atoms with Crippen molar-refractivity contribution in [1.29, 1.82) is 0 Å². The summed E-state index contributed by atoms with van der Waals surface area (Å²) in [6.45, 7) is 2.12. The highest BCUT2D eigenvalue weighted by molar-refractivity contribution is 5.00. The van der Waals surface area contributed by atoms with Gasteiger partial charge in [-0.2, -0.15) is 0 Å². The van der Waals surface area contributed by atoms with Crippen LogP contribution in [0.3, 0.4) is 0 Å². The second-order valence-corrected chi connectivity index (χ2v) is 3.01. The van der Waals surface area contributed by atoms with E-state index in [1.165, 1.54) is 0 Å². The molecule has 0 aliphatic heterocycles. The van der Waals surface area contributed by atoms with Crippen molar-refractivity contribution in [3.8, 4) is 0 Å². The fraction of sp³-hybridized carbons (Fsp3) is 0.750. The van der Waals surface area contributed by atoms with E-state index in [9.17, 15) is 5.11 Å². The van der Waals surface area contributed by atoms with Gasteiger partial charge in [0.1, 0.15) is 0 Å². The Balaban J connectivity index is 2.53. The largest absolute Gasteiger partial charge is 0.396 e. The molecule has 2 N–H and O–H groups in total. The second-order valence-electron chi connectivity index (χ2n) is 3.01. The molecule has 0 heterocycles. The fourth-order valence-corrected chi connectivity index (χ4v) is 1.28. The van der Waals surface area contributed by atoms with Crippen LogP contribution < -0.4 is 0 Å². The lowest BCUT2D eigenvalue weighted by molar-refractivity contribution is 0.0706. The zero-order chi connectivity index (χ0) is 7.56. The van der Waals surface area contributed by atoms with Gasteiger partial charge in [0.15, 0.2) is 0 Å². The van der Waals surface area contributed by atoms with Crippen molar-refractivity contribution < 1.29 is 10.2 Å². The Morgan fingerprint density at radius 1 is 1.50 bits per heavy atom. The third kappa shape index (κ3) is 1.58. The molecule has 58 valence electrons. The Hall–Kier alpha value is -0.340. The quantitative estimate of drug-likeness (QED) is 0.525. The van der Waals surface area contributed by atoms with Gasteiger partial charge in [0, 0.05) is 5.92 Å². The first-order valence-electron chi connectivity index (χ1n) is 3.71. The summed E-state index contributed by atoms with van der Waals surface area (Å²) in [6, 6.07) is 0. The number of hydrogen-bond acceptors (Lipinski definition) is 2. The lowest BCUT2D eigenvalue weighted by Gasteiger charge is -2.24. The molecule has 2 heteroatoms. The monoisotopic (exact) mass is 142 g/mol. The maximum atomic E-state index is 9.33. The van der Waals surface area contributed by atoms with Crippen molar-refractivity contribution in [2.24, 2.45) is 11.8 Å². The minimum atomic E-state index is -0.343. The number of aliphatic hydroxyl groups excluding tert-OH is 2. The number of rotatable bonds is 1. The highest BCUT2D eigenvalue weighted by atomic mass is 16.3. The average Bonchev–Trinajstić information content (AvgIpc) is 1.88. The van der Waals surface area contributed by atoms with Gasteiger partial charge >= 0.3 is 0 Å². The summed E-state index contributed by atoms with van der Waals surface area (Å²) in [4.78, 5) is 0. The van der Waals surface area contributed by atoms with Crippen LogP contribution in [-0.4, -0.2) is 22.9 Å². The van der Waals surface area contributed by atoms with Crippen molar-refractivity contribution in [2.45, 2.75) is 19.4 Å². The molecule has 0 saturated carbocycles. The van der Waals surface area contributed by atoms with Crippen LogP contribution in [0, 0.1) is 11.8 Å². The van der Waals surface area contributed by atoms with Crippen molar-refractivity contribution in [1.82, 2.24) is 0 Å². The Morgan fingerprint density at radius 3 is 2.70 bits per heavy atom. The maximum absolute atomic E-state index is 9.33. The molecule has 2 nitrogen and oxygen atoms in total. The smallest absolute Gasteiger partial charge is 0.0630 e. The lowest BCUT2D eigenvalue weighted by Crippen LogP contribution is -2.26. The van der Waals surface area contributed by atoms with E-state index in [1.807, 2.05) is 12.2 Å². The van der Waals surface area contributed by atoms with Gasteiger partial charge in [-0.1, -0.05) is 19.1 Å². The van der Waals surface area contributed by atoms with Crippen LogP contribution in [0.4, 0.5) is 0 Å². The summed E-state index contributed by atoms with van der Waals surface area (Å²) in [5.41, 5.74) is 0. The molecule has 10 heavy (non-hydrogen) atoms. The normalized spacial score (nSPS) is 40.1. The molecular formula is C8H14O2. The third-order valence-corrected chi connectivity index (χ3v) is 2.01. The molecule has 0 radical (unpaired) electrons. The molecule has 0 amide bonds. The minimum Gasteiger partial charge on any atom is -0.396 e. The SMILES string of the molecule is CC1C=C[C@H](CO)[C@@H](O)C1. The van der Waals surface area contributed by atoms with Crippen LogP contribution in [0.1, 0.15) is 13.3 Å². The summed E-state index contributed by atoms with van der Waals surface area (Å²) in [5, 5.41) is 18.1. The van der Waals surface area contributed by atoms with Crippen LogP contribution in [0.2, 0.25) is 0 Å². The average molecular weight is 142 g/mol. The summed E-state index contributed by atoms with van der Waals surface area (Å²) < 4.78 is 0. The minimum absolute atomic E-state index is 0.0313. The highest BCUT2D eigenvalue weighted by Crippen LogP contribution is 2.21. The Bertz CT molecular complexity index is 131. The molecule has 0 saturated heterocycles. The van der Waals surface area contributed by atoms with E-state index in [0.717, 1.165) is 6.42 Å². The van der Waals surface area contributed by atoms with E-state index in [4.69, 9.17) is 5.11 Å². The summed E-state index contributed by atoms with van der Waals surface area (Å²) >= 11 is 0. The molecular weight excluding hydrogens is 128 g/mol. The van der Waals surface area contributed by atoms with E-state index in [-0.39, 0.29) is 18.6 Å². The van der Waals surface area contributed by atoms with E-state index >= 15 is 0 Å². The fourth-order valence-electron chi connectivity index (χ4n) is 1.28. The molecule has 1 unspecified atom stereocenters. The standard InChI is InChI=1S/C8H14O2/c1-6-2-3-7(5-9)8(10)4-6/h2-3,6-10H,4-5H2,1H3/t6?,7-,8+/m1/s1. The molecule has 0 bridgehead atoms. The molecule has 1 rings (SSSR count). The van der Waals surface area contributed by atoms with Gasteiger partial charge in [0.25, 0.3) is 0 Å². The van der Waals surface area contributed by atoms with Crippen molar-refractivity contribution in [2.75, 3.05) is 6.61 Å². The van der Waals surface area contributed by atoms with Crippen molar-refractivity contribution in [3.05, 3.63) is 12.2 Å². The van der Waals surface area contributed by atoms with Crippen LogP contribution >= 0.6 is 0 Å². The van der Waals surface area contributed by atoms with E-state index in [2.05, 4.69) is 6.92 Å². The molecule has 0 aromatic rings. The first kappa shape index (κ1) is 7.76.